The van der Waals surface area contributed by atoms with E-state index in [1.165, 1.54) is 20.6 Å². The Morgan fingerprint density at radius 2 is 1.69 bits per heavy atom. The summed E-state index contributed by atoms with van der Waals surface area (Å²) in [5, 5.41) is 0.518. The molecule has 1 aliphatic carbocycles. The summed E-state index contributed by atoms with van der Waals surface area (Å²) in [5.74, 6) is -1.14. The quantitative estimate of drug-likeness (QED) is 0.714. The van der Waals surface area contributed by atoms with Gasteiger partial charge in [0, 0.05) is 22.8 Å². The van der Waals surface area contributed by atoms with Gasteiger partial charge in [0.1, 0.15) is 0 Å². The van der Waals surface area contributed by atoms with Crippen molar-refractivity contribution in [1.29, 1.82) is 0 Å². The molecule has 0 unspecified atom stereocenters. The van der Waals surface area contributed by atoms with Crippen LogP contribution < -0.4 is 0 Å². The zero-order chi connectivity index (χ0) is 18.7. The SMILES string of the molecule is COC(=O)c1cn(C2CCCCC2)c(-c2ccccc2Cl)c1C(=O)OC. The third kappa shape index (κ3) is 3.36. The molecule has 0 spiro atoms. The van der Waals surface area contributed by atoms with E-state index in [1.54, 1.807) is 12.3 Å². The van der Waals surface area contributed by atoms with Crippen molar-refractivity contribution in [2.24, 2.45) is 0 Å². The molecule has 1 aromatic carbocycles. The van der Waals surface area contributed by atoms with Crippen LogP contribution in [0.25, 0.3) is 11.3 Å². The molecule has 0 aliphatic heterocycles. The Morgan fingerprint density at radius 1 is 1.04 bits per heavy atom. The fraction of sp³-hybridized carbons (Fsp3) is 0.400. The van der Waals surface area contributed by atoms with Gasteiger partial charge >= 0.3 is 11.9 Å². The van der Waals surface area contributed by atoms with Gasteiger partial charge in [-0.25, -0.2) is 9.59 Å². The molecule has 0 atom stereocenters. The maximum atomic E-state index is 12.6. The van der Waals surface area contributed by atoms with Gasteiger partial charge in [0.2, 0.25) is 0 Å². The lowest BCUT2D eigenvalue weighted by molar-refractivity contribution is 0.0557. The van der Waals surface area contributed by atoms with Crippen molar-refractivity contribution < 1.29 is 19.1 Å². The molecule has 0 radical (unpaired) electrons. The van der Waals surface area contributed by atoms with Crippen molar-refractivity contribution in [3.05, 3.63) is 46.6 Å². The number of hydrogen-bond acceptors (Lipinski definition) is 4. The molecule has 26 heavy (non-hydrogen) atoms. The maximum absolute atomic E-state index is 12.6. The third-order valence-electron chi connectivity index (χ3n) is 4.92. The van der Waals surface area contributed by atoms with Crippen molar-refractivity contribution in [2.75, 3.05) is 14.2 Å². The summed E-state index contributed by atoms with van der Waals surface area (Å²) in [6.45, 7) is 0. The summed E-state index contributed by atoms with van der Waals surface area (Å²) in [7, 11) is 2.61. The fourth-order valence-electron chi connectivity index (χ4n) is 3.67. The number of nitrogens with zero attached hydrogens (tertiary/aromatic N) is 1. The van der Waals surface area contributed by atoms with Crippen molar-refractivity contribution in [1.82, 2.24) is 4.57 Å². The highest BCUT2D eigenvalue weighted by Gasteiger charge is 2.31. The van der Waals surface area contributed by atoms with Crippen LogP contribution >= 0.6 is 11.6 Å². The number of hydrogen-bond donors (Lipinski definition) is 0. The standard InChI is InChI=1S/C20H22ClNO4/c1-25-19(23)15-12-22(13-8-4-3-5-9-13)18(17(15)20(24)26-2)14-10-6-7-11-16(14)21/h6-7,10-13H,3-5,8-9H2,1-2H3. The van der Waals surface area contributed by atoms with Gasteiger partial charge in [-0.15, -0.1) is 0 Å². The Labute approximate surface area is 157 Å². The van der Waals surface area contributed by atoms with Crippen LogP contribution in [0.15, 0.2) is 30.5 Å². The number of rotatable bonds is 4. The predicted octanol–water partition coefficient (Wildman–Crippen LogP) is 4.89. The highest BCUT2D eigenvalue weighted by atomic mass is 35.5. The zero-order valence-corrected chi connectivity index (χ0v) is 15.7. The van der Waals surface area contributed by atoms with Crippen molar-refractivity contribution in [3.63, 3.8) is 0 Å². The molecule has 1 aliphatic rings. The minimum Gasteiger partial charge on any atom is -0.465 e. The van der Waals surface area contributed by atoms with E-state index < -0.39 is 11.9 Å². The second-order valence-corrected chi connectivity index (χ2v) is 6.84. The van der Waals surface area contributed by atoms with Crippen LogP contribution in [0.2, 0.25) is 5.02 Å². The number of esters is 2. The van der Waals surface area contributed by atoms with Crippen LogP contribution in [0.3, 0.4) is 0 Å². The maximum Gasteiger partial charge on any atom is 0.340 e. The molecule has 1 aromatic heterocycles. The van der Waals surface area contributed by atoms with Crippen LogP contribution in [0.1, 0.15) is 58.9 Å². The number of methoxy groups -OCH3 is 2. The van der Waals surface area contributed by atoms with Gasteiger partial charge in [0.05, 0.1) is 31.0 Å². The van der Waals surface area contributed by atoms with E-state index >= 15 is 0 Å². The van der Waals surface area contributed by atoms with Gasteiger partial charge in [0.25, 0.3) is 0 Å². The fourth-order valence-corrected chi connectivity index (χ4v) is 3.90. The van der Waals surface area contributed by atoms with Crippen molar-refractivity contribution >= 4 is 23.5 Å². The van der Waals surface area contributed by atoms with Crippen LogP contribution in [-0.2, 0) is 9.47 Å². The highest BCUT2D eigenvalue weighted by molar-refractivity contribution is 6.33. The Kier molecular flexibility index (Phi) is 5.67. The predicted molar refractivity (Wildman–Crippen MR) is 99.7 cm³/mol. The first-order valence-corrected chi connectivity index (χ1v) is 9.12. The first kappa shape index (κ1) is 18.5. The van der Waals surface area contributed by atoms with Gasteiger partial charge in [0.15, 0.2) is 0 Å². The van der Waals surface area contributed by atoms with Crippen LogP contribution in [-0.4, -0.2) is 30.7 Å². The normalized spacial score (nSPS) is 14.9. The minimum atomic E-state index is -0.574. The number of ether oxygens (including phenoxy) is 2. The van der Waals surface area contributed by atoms with Gasteiger partial charge in [-0.3, -0.25) is 0 Å². The second kappa shape index (κ2) is 7.96. The van der Waals surface area contributed by atoms with E-state index in [-0.39, 0.29) is 17.2 Å². The van der Waals surface area contributed by atoms with E-state index in [0.29, 0.717) is 16.3 Å². The topological polar surface area (TPSA) is 57.5 Å². The Bertz CT molecular complexity index is 821. The van der Waals surface area contributed by atoms with Gasteiger partial charge < -0.3 is 14.0 Å². The highest BCUT2D eigenvalue weighted by Crippen LogP contribution is 2.39. The first-order chi connectivity index (χ1) is 12.6. The van der Waals surface area contributed by atoms with E-state index in [9.17, 15) is 9.59 Å². The summed E-state index contributed by atoms with van der Waals surface area (Å²) >= 11 is 6.43. The van der Waals surface area contributed by atoms with Crippen LogP contribution in [0.5, 0.6) is 0 Å². The Balaban J connectivity index is 2.29. The minimum absolute atomic E-state index is 0.205. The van der Waals surface area contributed by atoms with E-state index in [0.717, 1.165) is 25.7 Å². The lowest BCUT2D eigenvalue weighted by atomic mass is 9.94. The van der Waals surface area contributed by atoms with E-state index in [4.69, 9.17) is 21.1 Å². The summed E-state index contributed by atoms with van der Waals surface area (Å²) in [6.07, 6.45) is 7.14. The molecule has 6 heteroatoms. The molecule has 3 rings (SSSR count). The molecule has 138 valence electrons. The molecule has 1 heterocycles. The summed E-state index contributed by atoms with van der Waals surface area (Å²) in [4.78, 5) is 24.9. The molecule has 5 nitrogen and oxygen atoms in total. The van der Waals surface area contributed by atoms with Gasteiger partial charge in [-0.05, 0) is 18.9 Å². The molecule has 0 saturated heterocycles. The van der Waals surface area contributed by atoms with Crippen LogP contribution in [0.4, 0.5) is 0 Å². The Morgan fingerprint density at radius 3 is 2.31 bits per heavy atom. The molecule has 1 saturated carbocycles. The molecule has 0 amide bonds. The number of aromatic nitrogens is 1. The molecule has 1 fully saturated rings. The first-order valence-electron chi connectivity index (χ1n) is 8.74. The number of carbonyl (C=O) groups excluding carboxylic acids is 2. The average Bonchev–Trinajstić information content (AvgIpc) is 3.08. The molecule has 2 aromatic rings. The smallest absolute Gasteiger partial charge is 0.340 e. The second-order valence-electron chi connectivity index (χ2n) is 6.43. The lowest BCUT2D eigenvalue weighted by Gasteiger charge is -2.26. The van der Waals surface area contributed by atoms with E-state index in [1.807, 2.05) is 22.8 Å². The van der Waals surface area contributed by atoms with Crippen molar-refractivity contribution in [3.8, 4) is 11.3 Å². The van der Waals surface area contributed by atoms with E-state index in [2.05, 4.69) is 0 Å². The van der Waals surface area contributed by atoms with Gasteiger partial charge in [-0.1, -0.05) is 49.1 Å². The molecular weight excluding hydrogens is 354 g/mol. The average molecular weight is 376 g/mol. The van der Waals surface area contributed by atoms with Crippen LogP contribution in [0, 0.1) is 0 Å². The number of carbonyl (C=O) groups is 2. The zero-order valence-electron chi connectivity index (χ0n) is 15.0. The lowest BCUT2D eigenvalue weighted by Crippen LogP contribution is -2.14. The number of halogens is 1. The largest absolute Gasteiger partial charge is 0.465 e. The van der Waals surface area contributed by atoms with Gasteiger partial charge in [-0.2, -0.15) is 0 Å². The van der Waals surface area contributed by atoms with Crippen molar-refractivity contribution in [2.45, 2.75) is 38.1 Å². The molecular formula is C20H22ClNO4. The number of benzene rings is 1. The molecule has 0 bridgehead atoms. The summed E-state index contributed by atoms with van der Waals surface area (Å²) < 4.78 is 11.9. The monoisotopic (exact) mass is 375 g/mol. The summed E-state index contributed by atoms with van der Waals surface area (Å²) in [6, 6.07) is 7.52. The molecule has 0 N–H and O–H groups in total. The summed E-state index contributed by atoms with van der Waals surface area (Å²) in [5.41, 5.74) is 1.74. The third-order valence-corrected chi connectivity index (χ3v) is 5.25. The Hall–Kier alpha value is -2.27.